The molecule has 150 valence electrons. The number of hydrogen-bond acceptors (Lipinski definition) is 6. The van der Waals surface area contributed by atoms with Crippen LogP contribution in [0.2, 0.25) is 0 Å². The van der Waals surface area contributed by atoms with Crippen molar-refractivity contribution in [1.29, 1.82) is 0 Å². The minimum atomic E-state index is -6.96. The van der Waals surface area contributed by atoms with E-state index in [2.05, 4.69) is 16.3 Å². The second-order valence-corrected chi connectivity index (χ2v) is 5.71. The van der Waals surface area contributed by atoms with Gasteiger partial charge in [-0.05, 0) is 11.6 Å². The zero-order chi connectivity index (χ0) is 20.2. The normalized spacial score (nSPS) is 33.6. The van der Waals surface area contributed by atoms with E-state index in [-0.39, 0.29) is 0 Å². The van der Waals surface area contributed by atoms with E-state index in [4.69, 9.17) is 5.11 Å². The number of ether oxygens (including phenoxy) is 1. The lowest BCUT2D eigenvalue weighted by Gasteiger charge is -2.38. The Bertz CT molecular complexity index is 502. The number of rotatable bonds is 6. The Hall–Kier alpha value is -0.510. The molecule has 0 aromatic rings. The number of aliphatic hydroxyl groups is 5. The first-order valence-electron chi connectivity index (χ1n) is 6.14. The number of alkyl halides is 9. The SMILES string of the molecule is OCC1(O)O[C@H]([C@@H](O)C(F)(F)C(F)(F)C(F)(F)C(F)(F)Cl)[C@@H](O)[C@@H]1O. The van der Waals surface area contributed by atoms with E-state index in [9.17, 15) is 55.5 Å². The van der Waals surface area contributed by atoms with Crippen molar-refractivity contribution in [1.82, 2.24) is 0 Å². The first-order valence-corrected chi connectivity index (χ1v) is 6.51. The monoisotopic (exact) mass is 414 g/mol. The maximum absolute atomic E-state index is 13.6. The van der Waals surface area contributed by atoms with Crippen LogP contribution in [0.5, 0.6) is 0 Å². The topological polar surface area (TPSA) is 110 Å². The maximum Gasteiger partial charge on any atom is 0.392 e. The zero-order valence-electron chi connectivity index (χ0n) is 11.6. The van der Waals surface area contributed by atoms with Crippen molar-refractivity contribution in [3.63, 3.8) is 0 Å². The van der Waals surface area contributed by atoms with Crippen LogP contribution in [-0.2, 0) is 4.74 Å². The molecule has 1 rings (SSSR count). The van der Waals surface area contributed by atoms with Crippen molar-refractivity contribution in [3.8, 4) is 0 Å². The standard InChI is InChI=1S/C10H11ClF8O6/c11-10(18,19)9(16,17)8(14,15)7(12,13)5(23)3-2(21)4(22)6(24,1-20)25-3/h2-5,20-24H,1H2/t2-,3+,4+,5-,6?/m1/s1. The van der Waals surface area contributed by atoms with E-state index >= 15 is 0 Å². The average Bonchev–Trinajstić information content (AvgIpc) is 2.70. The van der Waals surface area contributed by atoms with Gasteiger partial charge < -0.3 is 30.3 Å². The highest BCUT2D eigenvalue weighted by Crippen LogP contribution is 2.55. The van der Waals surface area contributed by atoms with Crippen LogP contribution in [0.1, 0.15) is 0 Å². The van der Waals surface area contributed by atoms with Gasteiger partial charge in [-0.25, -0.2) is 0 Å². The van der Waals surface area contributed by atoms with Crippen molar-refractivity contribution in [2.24, 2.45) is 0 Å². The van der Waals surface area contributed by atoms with E-state index in [1.807, 2.05) is 0 Å². The average molecular weight is 415 g/mol. The summed E-state index contributed by atoms with van der Waals surface area (Å²) in [4.78, 5) is 0. The molecule has 0 aliphatic carbocycles. The Morgan fingerprint density at radius 2 is 1.44 bits per heavy atom. The first-order chi connectivity index (χ1) is 10.9. The van der Waals surface area contributed by atoms with E-state index in [0.717, 1.165) is 0 Å². The van der Waals surface area contributed by atoms with Gasteiger partial charge in [-0.2, -0.15) is 35.1 Å². The Balaban J connectivity index is 3.26. The lowest BCUT2D eigenvalue weighted by molar-refractivity contribution is -0.374. The van der Waals surface area contributed by atoms with Gasteiger partial charge in [-0.15, -0.1) is 0 Å². The van der Waals surface area contributed by atoms with E-state index in [0.29, 0.717) is 0 Å². The Morgan fingerprint density at radius 3 is 1.76 bits per heavy atom. The van der Waals surface area contributed by atoms with Crippen molar-refractivity contribution in [2.45, 2.75) is 53.4 Å². The molecule has 1 aliphatic rings. The molecule has 5 N–H and O–H groups in total. The molecule has 6 nitrogen and oxygen atoms in total. The molecule has 5 atom stereocenters. The van der Waals surface area contributed by atoms with Gasteiger partial charge in [0.25, 0.3) is 0 Å². The summed E-state index contributed by atoms with van der Waals surface area (Å²) in [6.07, 6.45) is -12.6. The van der Waals surface area contributed by atoms with E-state index in [1.54, 1.807) is 0 Å². The fourth-order valence-electron chi connectivity index (χ4n) is 1.98. The summed E-state index contributed by atoms with van der Waals surface area (Å²) < 4.78 is 109. The van der Waals surface area contributed by atoms with Crippen LogP contribution in [0.3, 0.4) is 0 Å². The Labute approximate surface area is 138 Å². The quantitative estimate of drug-likeness (QED) is 0.306. The summed E-state index contributed by atoms with van der Waals surface area (Å²) in [5.74, 6) is -23.4. The van der Waals surface area contributed by atoms with Gasteiger partial charge in [-0.3, -0.25) is 0 Å². The zero-order valence-corrected chi connectivity index (χ0v) is 12.3. The first kappa shape index (κ1) is 22.5. The minimum absolute atomic E-state index is 1.59. The van der Waals surface area contributed by atoms with Crippen LogP contribution in [0.15, 0.2) is 0 Å². The molecule has 15 heteroatoms. The van der Waals surface area contributed by atoms with Crippen molar-refractivity contribution >= 4 is 11.6 Å². The van der Waals surface area contributed by atoms with Gasteiger partial charge in [0, 0.05) is 0 Å². The van der Waals surface area contributed by atoms with Gasteiger partial charge in [0.15, 0.2) is 6.10 Å². The highest BCUT2D eigenvalue weighted by molar-refractivity contribution is 6.22. The lowest BCUT2D eigenvalue weighted by Crippen LogP contribution is -2.66. The second kappa shape index (κ2) is 6.28. The summed E-state index contributed by atoms with van der Waals surface area (Å²) in [5.41, 5.74) is 0. The summed E-state index contributed by atoms with van der Waals surface area (Å²) >= 11 is 3.73. The summed E-state index contributed by atoms with van der Waals surface area (Å²) in [6.45, 7) is -1.59. The molecule has 1 heterocycles. The second-order valence-electron chi connectivity index (χ2n) is 5.24. The van der Waals surface area contributed by atoms with Crippen molar-refractivity contribution in [2.75, 3.05) is 6.61 Å². The van der Waals surface area contributed by atoms with Gasteiger partial charge >= 0.3 is 23.1 Å². The predicted molar refractivity (Wildman–Crippen MR) is 60.6 cm³/mol. The largest absolute Gasteiger partial charge is 0.392 e. The fraction of sp³-hybridized carbons (Fsp3) is 1.00. The van der Waals surface area contributed by atoms with Crippen LogP contribution in [0.25, 0.3) is 0 Å². The smallest absolute Gasteiger partial charge is 0.391 e. The molecule has 0 aromatic carbocycles. The summed E-state index contributed by atoms with van der Waals surface area (Å²) in [6, 6.07) is 0. The molecule has 0 spiro atoms. The Morgan fingerprint density at radius 1 is 1.00 bits per heavy atom. The van der Waals surface area contributed by atoms with E-state index in [1.165, 1.54) is 0 Å². The predicted octanol–water partition coefficient (Wildman–Crippen LogP) is -0.114. The van der Waals surface area contributed by atoms with Crippen LogP contribution >= 0.6 is 11.6 Å². The summed E-state index contributed by atoms with van der Waals surface area (Å²) in [5, 5.41) is 39.8. The lowest BCUT2D eigenvalue weighted by atomic mass is 9.93. The molecule has 1 saturated heterocycles. The van der Waals surface area contributed by atoms with Crippen LogP contribution in [-0.4, -0.2) is 85.5 Å². The van der Waals surface area contributed by atoms with Gasteiger partial charge in [-0.1, -0.05) is 0 Å². The van der Waals surface area contributed by atoms with Gasteiger partial charge in [0.05, 0.1) is 6.61 Å². The number of hydrogen-bond donors (Lipinski definition) is 5. The molecule has 25 heavy (non-hydrogen) atoms. The fourth-order valence-corrected chi connectivity index (χ4v) is 2.10. The molecule has 1 aliphatic heterocycles. The highest BCUT2D eigenvalue weighted by atomic mass is 35.5. The van der Waals surface area contributed by atoms with E-state index < -0.39 is 60.0 Å². The third-order valence-corrected chi connectivity index (χ3v) is 3.78. The van der Waals surface area contributed by atoms with Gasteiger partial charge in [0.2, 0.25) is 5.79 Å². The molecule has 0 amide bonds. The third kappa shape index (κ3) is 3.17. The third-order valence-electron chi connectivity index (χ3n) is 3.54. The number of aliphatic hydroxyl groups excluding tert-OH is 4. The van der Waals surface area contributed by atoms with Crippen molar-refractivity contribution < 1.29 is 65.4 Å². The molecule has 0 saturated carbocycles. The highest BCUT2D eigenvalue weighted by Gasteiger charge is 2.83. The minimum Gasteiger partial charge on any atom is -0.391 e. The van der Waals surface area contributed by atoms with Crippen LogP contribution < -0.4 is 0 Å². The van der Waals surface area contributed by atoms with Crippen LogP contribution in [0.4, 0.5) is 35.1 Å². The molecule has 1 unspecified atom stereocenters. The maximum atomic E-state index is 13.6. The molecular weight excluding hydrogens is 404 g/mol. The number of halogens is 9. The molecular formula is C10H11ClF8O6. The molecule has 0 aromatic heterocycles. The van der Waals surface area contributed by atoms with Crippen molar-refractivity contribution in [3.05, 3.63) is 0 Å². The van der Waals surface area contributed by atoms with Gasteiger partial charge in [0.1, 0.15) is 18.3 Å². The molecule has 0 bridgehead atoms. The summed E-state index contributed by atoms with van der Waals surface area (Å²) in [7, 11) is 0. The Kier molecular flexibility index (Phi) is 5.66. The van der Waals surface area contributed by atoms with Crippen LogP contribution in [0, 0.1) is 0 Å². The molecule has 0 radical (unpaired) electrons. The molecule has 1 fully saturated rings.